The van der Waals surface area contributed by atoms with Crippen molar-refractivity contribution >= 4 is 67.4 Å². The normalized spacial score (nSPS) is 14.7. The highest BCUT2D eigenvalue weighted by Gasteiger charge is 2.16. The van der Waals surface area contributed by atoms with Crippen LogP contribution in [0.2, 0.25) is 0 Å². The second kappa shape index (κ2) is 10.2. The van der Waals surface area contributed by atoms with Gasteiger partial charge in [0.05, 0.1) is 10.2 Å². The molecule has 1 aliphatic heterocycles. The topological polar surface area (TPSA) is 70.3 Å². The Labute approximate surface area is 221 Å². The summed E-state index contributed by atoms with van der Waals surface area (Å²) in [5, 5.41) is 7.86. The van der Waals surface area contributed by atoms with Crippen molar-refractivity contribution in [2.45, 2.75) is 6.92 Å². The second-order valence-corrected chi connectivity index (χ2v) is 10.2. The van der Waals surface area contributed by atoms with Crippen LogP contribution in [0.4, 0.5) is 22.9 Å². The van der Waals surface area contributed by atoms with E-state index < -0.39 is 0 Å². The van der Waals surface area contributed by atoms with Crippen molar-refractivity contribution in [3.8, 4) is 0 Å². The molecule has 2 aromatic heterocycles. The summed E-state index contributed by atoms with van der Waals surface area (Å²) in [5.74, 6) is 0.830. The van der Waals surface area contributed by atoms with Crippen LogP contribution in [0.1, 0.15) is 18.1 Å². The largest absolute Gasteiger partial charge is 0.398 e. The number of nitrogens with zero attached hydrogens (tertiary/aromatic N) is 4. The van der Waals surface area contributed by atoms with Gasteiger partial charge < -0.3 is 20.9 Å². The van der Waals surface area contributed by atoms with Crippen molar-refractivity contribution in [2.24, 2.45) is 0 Å². The average molecular weight is 507 g/mol. The fraction of sp³-hybridized carbons (Fsp3) is 0.200. The number of piperazine rings is 1. The van der Waals surface area contributed by atoms with E-state index in [0.717, 1.165) is 82.0 Å². The summed E-state index contributed by atoms with van der Waals surface area (Å²) in [6.45, 7) is 7.76. The van der Waals surface area contributed by atoms with Gasteiger partial charge in [-0.15, -0.1) is 11.3 Å². The van der Waals surface area contributed by atoms with Crippen LogP contribution in [0.5, 0.6) is 0 Å². The summed E-state index contributed by atoms with van der Waals surface area (Å²) in [6, 6.07) is 20.9. The number of nitrogens with one attached hydrogen (secondary N) is 1. The van der Waals surface area contributed by atoms with Crippen molar-refractivity contribution in [1.29, 1.82) is 0 Å². The SMILES string of the molecule is CCN1CCN(c2ccc(Nc3ncnc4c(C=Cc5ccc(N)c6ccccc56)csc34)cc2)CC1. The highest BCUT2D eigenvalue weighted by molar-refractivity contribution is 7.18. The van der Waals surface area contributed by atoms with Crippen LogP contribution in [-0.2, 0) is 0 Å². The highest BCUT2D eigenvalue weighted by Crippen LogP contribution is 2.33. The van der Waals surface area contributed by atoms with Gasteiger partial charge in [0.25, 0.3) is 0 Å². The molecule has 7 heteroatoms. The predicted molar refractivity (Wildman–Crippen MR) is 159 cm³/mol. The number of hydrogen-bond donors (Lipinski definition) is 2. The van der Waals surface area contributed by atoms with Gasteiger partial charge in [0.15, 0.2) is 5.82 Å². The van der Waals surface area contributed by atoms with Crippen LogP contribution in [0.15, 0.2) is 72.4 Å². The van der Waals surface area contributed by atoms with Crippen LogP contribution >= 0.6 is 11.3 Å². The van der Waals surface area contributed by atoms with Crippen LogP contribution in [0.25, 0.3) is 33.1 Å². The molecule has 0 radical (unpaired) electrons. The maximum atomic E-state index is 6.18. The summed E-state index contributed by atoms with van der Waals surface area (Å²) in [7, 11) is 0. The first-order valence-corrected chi connectivity index (χ1v) is 13.6. The van der Waals surface area contributed by atoms with Crippen molar-refractivity contribution in [2.75, 3.05) is 48.7 Å². The minimum atomic E-state index is 0.796. The zero-order valence-electron chi connectivity index (χ0n) is 20.9. The third-order valence-electron chi connectivity index (χ3n) is 7.13. The Morgan fingerprint density at radius 1 is 0.892 bits per heavy atom. The summed E-state index contributed by atoms with van der Waals surface area (Å²) in [5.41, 5.74) is 12.4. The molecule has 3 N–H and O–H groups in total. The first-order chi connectivity index (χ1) is 18.2. The molecule has 1 fully saturated rings. The summed E-state index contributed by atoms with van der Waals surface area (Å²) in [4.78, 5) is 14.1. The molecule has 0 bridgehead atoms. The first kappa shape index (κ1) is 23.5. The van der Waals surface area contributed by atoms with Gasteiger partial charge in [-0.1, -0.05) is 49.4 Å². The van der Waals surface area contributed by atoms with Crippen LogP contribution in [0.3, 0.4) is 0 Å². The minimum absolute atomic E-state index is 0.796. The van der Waals surface area contributed by atoms with E-state index in [1.54, 1.807) is 17.7 Å². The van der Waals surface area contributed by atoms with Crippen molar-refractivity contribution in [3.05, 3.63) is 83.5 Å². The lowest BCUT2D eigenvalue weighted by molar-refractivity contribution is 0.271. The molecule has 6 nitrogen and oxygen atoms in total. The van der Waals surface area contributed by atoms with E-state index in [-0.39, 0.29) is 0 Å². The molecule has 3 aromatic carbocycles. The molecule has 5 aromatic rings. The van der Waals surface area contributed by atoms with Crippen LogP contribution < -0.4 is 16.0 Å². The number of fused-ring (bicyclic) bond motifs is 2. The van der Waals surface area contributed by atoms with Gasteiger partial charge in [-0.25, -0.2) is 9.97 Å². The Balaban J connectivity index is 1.22. The monoisotopic (exact) mass is 506 g/mol. The second-order valence-electron chi connectivity index (χ2n) is 9.31. The number of nitrogens with two attached hydrogens (primary N) is 1. The van der Waals surface area contributed by atoms with E-state index in [1.807, 2.05) is 18.2 Å². The Kier molecular flexibility index (Phi) is 6.47. The van der Waals surface area contributed by atoms with Gasteiger partial charge >= 0.3 is 0 Å². The molecule has 6 rings (SSSR count). The lowest BCUT2D eigenvalue weighted by Crippen LogP contribution is -2.46. The number of likely N-dealkylation sites (N-methyl/N-ethyl adjacent to an activating group) is 1. The van der Waals surface area contributed by atoms with Gasteiger partial charge in [0.2, 0.25) is 0 Å². The maximum absolute atomic E-state index is 6.18. The van der Waals surface area contributed by atoms with Gasteiger partial charge in [0.1, 0.15) is 6.33 Å². The number of benzene rings is 3. The Morgan fingerprint density at radius 3 is 2.43 bits per heavy atom. The number of rotatable bonds is 6. The molecule has 0 amide bonds. The van der Waals surface area contributed by atoms with E-state index >= 15 is 0 Å². The molecule has 0 aliphatic carbocycles. The van der Waals surface area contributed by atoms with Gasteiger partial charge in [-0.05, 0) is 47.8 Å². The highest BCUT2D eigenvalue weighted by atomic mass is 32.1. The molecule has 1 aliphatic rings. The van der Waals surface area contributed by atoms with E-state index in [2.05, 4.69) is 92.0 Å². The van der Waals surface area contributed by atoms with E-state index in [1.165, 1.54) is 5.69 Å². The van der Waals surface area contributed by atoms with Crippen molar-refractivity contribution < 1.29 is 0 Å². The molecule has 37 heavy (non-hydrogen) atoms. The smallest absolute Gasteiger partial charge is 0.151 e. The summed E-state index contributed by atoms with van der Waals surface area (Å²) >= 11 is 1.66. The lowest BCUT2D eigenvalue weighted by Gasteiger charge is -2.35. The number of anilines is 4. The molecule has 0 saturated carbocycles. The molecule has 1 saturated heterocycles. The number of aromatic nitrogens is 2. The molecule has 0 atom stereocenters. The zero-order valence-corrected chi connectivity index (χ0v) is 21.7. The zero-order chi connectivity index (χ0) is 25.2. The Bertz CT molecular complexity index is 1560. The fourth-order valence-electron chi connectivity index (χ4n) is 4.96. The summed E-state index contributed by atoms with van der Waals surface area (Å²) in [6.07, 6.45) is 5.90. The average Bonchev–Trinajstić information content (AvgIpc) is 3.37. The molecule has 0 spiro atoms. The third kappa shape index (κ3) is 4.75. The van der Waals surface area contributed by atoms with Crippen molar-refractivity contribution in [3.63, 3.8) is 0 Å². The van der Waals surface area contributed by atoms with E-state index in [4.69, 9.17) is 5.73 Å². The third-order valence-corrected chi connectivity index (χ3v) is 8.12. The standard InChI is InChI=1S/C30H30N6S/c1-2-35-15-17-36(18-16-35)24-12-10-23(11-13-24)34-30-29-28(32-20-33-30)22(19-37-29)8-7-21-9-14-27(31)26-6-4-3-5-25(21)26/h3-14,19-20H,2,15-18,31H2,1H3,(H,32,33,34). The predicted octanol–water partition coefficient (Wildman–Crippen LogP) is 6.48. The fourth-order valence-corrected chi connectivity index (χ4v) is 5.89. The maximum Gasteiger partial charge on any atom is 0.151 e. The van der Waals surface area contributed by atoms with Crippen LogP contribution in [0, 0.1) is 0 Å². The number of nitrogen functional groups attached to an aromatic ring is 1. The van der Waals surface area contributed by atoms with E-state index in [9.17, 15) is 0 Å². The Morgan fingerprint density at radius 2 is 1.65 bits per heavy atom. The van der Waals surface area contributed by atoms with Gasteiger partial charge in [-0.3, -0.25) is 0 Å². The molecule has 186 valence electrons. The van der Waals surface area contributed by atoms with E-state index in [0.29, 0.717) is 0 Å². The Hall–Kier alpha value is -3.94. The van der Waals surface area contributed by atoms with Gasteiger partial charge in [-0.2, -0.15) is 0 Å². The number of hydrogen-bond acceptors (Lipinski definition) is 7. The first-order valence-electron chi connectivity index (χ1n) is 12.7. The molecular weight excluding hydrogens is 476 g/mol. The minimum Gasteiger partial charge on any atom is -0.398 e. The molecular formula is C30H30N6S. The number of thiophene rings is 1. The quantitative estimate of drug-likeness (QED) is 0.257. The molecule has 0 unspecified atom stereocenters. The van der Waals surface area contributed by atoms with Gasteiger partial charge in [0, 0.05) is 59.6 Å². The summed E-state index contributed by atoms with van der Waals surface area (Å²) < 4.78 is 1.05. The lowest BCUT2D eigenvalue weighted by atomic mass is 10.0. The molecule has 3 heterocycles. The van der Waals surface area contributed by atoms with Crippen molar-refractivity contribution in [1.82, 2.24) is 14.9 Å². The van der Waals surface area contributed by atoms with Crippen LogP contribution in [-0.4, -0.2) is 47.6 Å².